The fraction of sp³-hybridized carbons (Fsp3) is 1.00. The number of unbranched alkanes of at least 4 members (excludes halogenated alkanes) is 3. The van der Waals surface area contributed by atoms with Gasteiger partial charge in [0.25, 0.3) is 0 Å². The molecule has 8 heavy (non-hydrogen) atoms. The Hall–Kier alpha value is -0.110. The molecule has 0 aliphatic rings. The monoisotopic (exact) mass is 117 g/mol. The van der Waals surface area contributed by atoms with Gasteiger partial charge in [-0.05, 0) is 12.8 Å². The second-order valence-corrected chi connectivity index (χ2v) is 1.83. The first-order valence-electron chi connectivity index (χ1n) is 3.08. The molecule has 0 aromatic rings. The average molecular weight is 117 g/mol. The Bertz CT molecular complexity index is 33.5. The van der Waals surface area contributed by atoms with Gasteiger partial charge in [-0.1, -0.05) is 12.8 Å². The standard InChI is InChI=1S/C6H12FN/c7-5-3-1-2-4-6-8/h1-6H2. The molecule has 0 fully saturated rings. The molecule has 0 saturated heterocycles. The highest BCUT2D eigenvalue weighted by Gasteiger charge is 1.85. The SMILES string of the molecule is [N]CCCCCCF. The van der Waals surface area contributed by atoms with Crippen molar-refractivity contribution in [2.24, 2.45) is 0 Å². The lowest BCUT2D eigenvalue weighted by Crippen LogP contribution is -1.85. The predicted octanol–water partition coefficient (Wildman–Crippen LogP) is 1.58. The van der Waals surface area contributed by atoms with E-state index < -0.39 is 0 Å². The lowest BCUT2D eigenvalue weighted by atomic mass is 10.2. The molecule has 0 unspecified atom stereocenters. The molecule has 0 rings (SSSR count). The molecule has 0 aliphatic heterocycles. The Labute approximate surface area is 50.1 Å². The third-order valence-electron chi connectivity index (χ3n) is 1.04. The van der Waals surface area contributed by atoms with Gasteiger partial charge in [-0.15, -0.1) is 5.73 Å². The minimum absolute atomic E-state index is 0.217. The van der Waals surface area contributed by atoms with Gasteiger partial charge >= 0.3 is 0 Å². The zero-order valence-electron chi connectivity index (χ0n) is 5.07. The molecule has 0 atom stereocenters. The van der Waals surface area contributed by atoms with Gasteiger partial charge in [0.05, 0.1) is 6.67 Å². The Balaban J connectivity index is 2.53. The molecule has 0 aromatic carbocycles. The summed E-state index contributed by atoms with van der Waals surface area (Å²) in [4.78, 5) is 0. The van der Waals surface area contributed by atoms with Gasteiger partial charge in [-0.2, -0.15) is 0 Å². The van der Waals surface area contributed by atoms with Gasteiger partial charge in [0, 0.05) is 6.54 Å². The van der Waals surface area contributed by atoms with Crippen LogP contribution in [-0.4, -0.2) is 13.2 Å². The van der Waals surface area contributed by atoms with E-state index in [1.54, 1.807) is 0 Å². The number of hydrogen-bond donors (Lipinski definition) is 0. The maximum atomic E-state index is 11.4. The van der Waals surface area contributed by atoms with E-state index in [0.717, 1.165) is 19.3 Å². The van der Waals surface area contributed by atoms with Crippen molar-refractivity contribution in [3.8, 4) is 0 Å². The van der Waals surface area contributed by atoms with Crippen LogP contribution in [0.5, 0.6) is 0 Å². The molecule has 0 saturated carbocycles. The van der Waals surface area contributed by atoms with Gasteiger partial charge in [-0.25, -0.2) is 0 Å². The average Bonchev–Trinajstić information content (AvgIpc) is 1.81. The van der Waals surface area contributed by atoms with E-state index in [1.807, 2.05) is 0 Å². The lowest BCUT2D eigenvalue weighted by molar-refractivity contribution is 0.453. The smallest absolute Gasteiger partial charge is 0.0894 e. The normalized spacial score (nSPS) is 9.75. The second-order valence-electron chi connectivity index (χ2n) is 1.83. The maximum absolute atomic E-state index is 11.4. The zero-order valence-corrected chi connectivity index (χ0v) is 5.07. The van der Waals surface area contributed by atoms with E-state index in [4.69, 9.17) is 5.73 Å². The summed E-state index contributed by atoms with van der Waals surface area (Å²) < 4.78 is 11.4. The summed E-state index contributed by atoms with van der Waals surface area (Å²) in [5.74, 6) is 0. The van der Waals surface area contributed by atoms with Crippen LogP contribution in [-0.2, 0) is 0 Å². The molecular weight excluding hydrogens is 105 g/mol. The van der Waals surface area contributed by atoms with Crippen LogP contribution in [0.25, 0.3) is 0 Å². The highest BCUT2D eigenvalue weighted by atomic mass is 19.1. The van der Waals surface area contributed by atoms with Crippen LogP contribution in [0.2, 0.25) is 0 Å². The van der Waals surface area contributed by atoms with Gasteiger partial charge < -0.3 is 0 Å². The largest absolute Gasteiger partial charge is 0.251 e. The van der Waals surface area contributed by atoms with Crippen LogP contribution >= 0.6 is 0 Å². The summed E-state index contributed by atoms with van der Waals surface area (Å²) in [7, 11) is 0. The van der Waals surface area contributed by atoms with E-state index in [1.165, 1.54) is 0 Å². The van der Waals surface area contributed by atoms with Crippen molar-refractivity contribution in [3.63, 3.8) is 0 Å². The number of nitrogens with zero attached hydrogens (tertiary/aromatic N) is 1. The van der Waals surface area contributed by atoms with Crippen molar-refractivity contribution in [3.05, 3.63) is 0 Å². The van der Waals surface area contributed by atoms with Crippen molar-refractivity contribution in [1.29, 1.82) is 0 Å². The predicted molar refractivity (Wildman–Crippen MR) is 31.4 cm³/mol. The molecule has 0 aliphatic carbocycles. The molecule has 48 valence electrons. The molecule has 0 amide bonds. The third-order valence-corrected chi connectivity index (χ3v) is 1.04. The molecule has 1 nitrogen and oxygen atoms in total. The third kappa shape index (κ3) is 5.89. The minimum Gasteiger partial charge on any atom is -0.251 e. The Morgan fingerprint density at radius 1 is 1.00 bits per heavy atom. The summed E-state index contributed by atoms with van der Waals surface area (Å²) in [6.45, 7) is 0.0255. The number of hydrogen-bond acceptors (Lipinski definition) is 0. The van der Waals surface area contributed by atoms with Crippen LogP contribution in [0.15, 0.2) is 0 Å². The van der Waals surface area contributed by atoms with Crippen molar-refractivity contribution in [1.82, 2.24) is 5.73 Å². The van der Waals surface area contributed by atoms with Gasteiger partial charge in [-0.3, -0.25) is 4.39 Å². The molecule has 0 spiro atoms. The van der Waals surface area contributed by atoms with E-state index in [2.05, 4.69) is 0 Å². The second kappa shape index (κ2) is 6.89. The van der Waals surface area contributed by atoms with Gasteiger partial charge in [0.15, 0.2) is 0 Å². The molecule has 0 aromatic heterocycles. The number of rotatable bonds is 5. The number of halogens is 1. The van der Waals surface area contributed by atoms with Crippen molar-refractivity contribution in [2.75, 3.05) is 13.2 Å². The highest BCUT2D eigenvalue weighted by molar-refractivity contribution is 4.41. The van der Waals surface area contributed by atoms with Crippen LogP contribution in [0, 0.1) is 0 Å². The van der Waals surface area contributed by atoms with E-state index in [-0.39, 0.29) is 13.2 Å². The topological polar surface area (TPSA) is 22.3 Å². The van der Waals surface area contributed by atoms with E-state index in [0.29, 0.717) is 6.42 Å². The fourth-order valence-electron chi connectivity index (χ4n) is 0.560. The zero-order chi connectivity index (χ0) is 6.24. The quantitative estimate of drug-likeness (QED) is 0.488. The summed E-state index contributed by atoms with van der Waals surface area (Å²) >= 11 is 0. The lowest BCUT2D eigenvalue weighted by Gasteiger charge is -1.91. The molecule has 0 heterocycles. The Morgan fingerprint density at radius 2 is 1.62 bits per heavy atom. The summed E-state index contributed by atoms with van der Waals surface area (Å²) in [5.41, 5.74) is 8.27. The van der Waals surface area contributed by atoms with Crippen LogP contribution in [0.1, 0.15) is 25.7 Å². The molecular formula is C6H12FN. The number of alkyl halides is 1. The van der Waals surface area contributed by atoms with E-state index in [9.17, 15) is 4.39 Å². The minimum atomic E-state index is -0.217. The first kappa shape index (κ1) is 7.89. The van der Waals surface area contributed by atoms with Crippen LogP contribution in [0.3, 0.4) is 0 Å². The molecule has 2 heteroatoms. The summed E-state index contributed by atoms with van der Waals surface area (Å²) in [6.07, 6.45) is 3.34. The van der Waals surface area contributed by atoms with Gasteiger partial charge in [0.2, 0.25) is 0 Å². The van der Waals surface area contributed by atoms with Crippen LogP contribution < -0.4 is 5.73 Å². The Morgan fingerprint density at radius 3 is 2.12 bits per heavy atom. The first-order valence-corrected chi connectivity index (χ1v) is 3.08. The highest BCUT2D eigenvalue weighted by Crippen LogP contribution is 1.97. The molecule has 0 N–H and O–H groups in total. The van der Waals surface area contributed by atoms with Crippen molar-refractivity contribution in [2.45, 2.75) is 25.7 Å². The van der Waals surface area contributed by atoms with Gasteiger partial charge in [0.1, 0.15) is 0 Å². The van der Waals surface area contributed by atoms with Crippen molar-refractivity contribution >= 4 is 0 Å². The molecule has 0 bridgehead atoms. The summed E-state index contributed by atoms with van der Waals surface area (Å²) in [6, 6.07) is 0. The molecule has 2 radical (unpaired) electrons. The summed E-state index contributed by atoms with van der Waals surface area (Å²) in [5, 5.41) is 0. The van der Waals surface area contributed by atoms with E-state index >= 15 is 0 Å². The van der Waals surface area contributed by atoms with Crippen LogP contribution in [0.4, 0.5) is 4.39 Å². The van der Waals surface area contributed by atoms with Crippen molar-refractivity contribution < 1.29 is 4.39 Å². The first-order chi connectivity index (χ1) is 3.91. The Kier molecular flexibility index (Phi) is 6.80. The maximum Gasteiger partial charge on any atom is 0.0894 e. The fourth-order valence-corrected chi connectivity index (χ4v) is 0.560.